The minimum Gasteiger partial charge on any atom is -0.468 e. The number of fused-ring (bicyclic) bond motifs is 1. The summed E-state index contributed by atoms with van der Waals surface area (Å²) in [6.07, 6.45) is 8.43. The molecule has 1 aliphatic carbocycles. The smallest absolute Gasteiger partial charge is 0.117 e. The molecule has 3 rings (SSSR count). The van der Waals surface area contributed by atoms with E-state index in [0.717, 1.165) is 18.8 Å². The molecule has 96 valence electrons. The highest BCUT2D eigenvalue weighted by Crippen LogP contribution is 2.28. The lowest BCUT2D eigenvalue weighted by Crippen LogP contribution is -2.10. The SMILES string of the molecule is c1coc(CNCc2cc3c(s2)CCCCC3)c1. The van der Waals surface area contributed by atoms with E-state index in [-0.39, 0.29) is 0 Å². The lowest BCUT2D eigenvalue weighted by Gasteiger charge is -2.00. The minimum atomic E-state index is 0.815. The molecule has 2 heterocycles. The van der Waals surface area contributed by atoms with Gasteiger partial charge < -0.3 is 9.73 Å². The first-order valence-electron chi connectivity index (χ1n) is 6.75. The van der Waals surface area contributed by atoms with Crippen LogP contribution in [-0.2, 0) is 25.9 Å². The van der Waals surface area contributed by atoms with Gasteiger partial charge in [0.2, 0.25) is 0 Å². The zero-order valence-corrected chi connectivity index (χ0v) is 11.4. The second-order valence-corrected chi connectivity index (χ2v) is 6.13. The van der Waals surface area contributed by atoms with Crippen LogP contribution in [0.15, 0.2) is 28.9 Å². The van der Waals surface area contributed by atoms with E-state index in [1.54, 1.807) is 16.7 Å². The highest BCUT2D eigenvalue weighted by molar-refractivity contribution is 7.12. The van der Waals surface area contributed by atoms with Gasteiger partial charge in [-0.1, -0.05) is 6.42 Å². The molecule has 0 saturated heterocycles. The maximum absolute atomic E-state index is 5.31. The van der Waals surface area contributed by atoms with Crippen LogP contribution in [0.1, 0.15) is 40.3 Å². The van der Waals surface area contributed by atoms with Gasteiger partial charge in [-0.15, -0.1) is 11.3 Å². The van der Waals surface area contributed by atoms with Gasteiger partial charge in [0, 0.05) is 16.3 Å². The largest absolute Gasteiger partial charge is 0.468 e. The summed E-state index contributed by atoms with van der Waals surface area (Å²) in [4.78, 5) is 3.09. The molecule has 1 N–H and O–H groups in total. The normalized spacial score (nSPS) is 15.3. The topological polar surface area (TPSA) is 25.2 Å². The Morgan fingerprint density at radius 3 is 3.00 bits per heavy atom. The van der Waals surface area contributed by atoms with Crippen molar-refractivity contribution in [2.45, 2.75) is 45.2 Å². The Hall–Kier alpha value is -1.06. The highest BCUT2D eigenvalue weighted by Gasteiger charge is 2.11. The lowest BCUT2D eigenvalue weighted by molar-refractivity contribution is 0.483. The Labute approximate surface area is 112 Å². The molecule has 0 unspecified atom stereocenters. The fourth-order valence-corrected chi connectivity index (χ4v) is 3.77. The molecule has 3 heteroatoms. The van der Waals surface area contributed by atoms with Crippen LogP contribution >= 0.6 is 11.3 Å². The quantitative estimate of drug-likeness (QED) is 0.844. The first kappa shape index (κ1) is 12.0. The van der Waals surface area contributed by atoms with Gasteiger partial charge in [0.15, 0.2) is 0 Å². The van der Waals surface area contributed by atoms with Gasteiger partial charge in [-0.25, -0.2) is 0 Å². The summed E-state index contributed by atoms with van der Waals surface area (Å²) in [5.41, 5.74) is 1.60. The van der Waals surface area contributed by atoms with Crippen molar-refractivity contribution in [3.8, 4) is 0 Å². The summed E-state index contributed by atoms with van der Waals surface area (Å²) in [5.74, 6) is 1.01. The van der Waals surface area contributed by atoms with Crippen LogP contribution in [0.25, 0.3) is 0 Å². The predicted octanol–water partition coefficient (Wildman–Crippen LogP) is 3.90. The number of hydrogen-bond acceptors (Lipinski definition) is 3. The van der Waals surface area contributed by atoms with Crippen molar-refractivity contribution in [2.24, 2.45) is 0 Å². The Balaban J connectivity index is 1.56. The fraction of sp³-hybridized carbons (Fsp3) is 0.467. The summed E-state index contributed by atoms with van der Waals surface area (Å²) in [5, 5.41) is 3.45. The van der Waals surface area contributed by atoms with Crippen molar-refractivity contribution >= 4 is 11.3 Å². The summed E-state index contributed by atoms with van der Waals surface area (Å²) in [7, 11) is 0. The van der Waals surface area contributed by atoms with Crippen LogP contribution in [0.5, 0.6) is 0 Å². The van der Waals surface area contributed by atoms with Gasteiger partial charge in [-0.3, -0.25) is 0 Å². The van der Waals surface area contributed by atoms with Gasteiger partial charge in [0.25, 0.3) is 0 Å². The maximum atomic E-state index is 5.31. The van der Waals surface area contributed by atoms with Crippen LogP contribution in [0.3, 0.4) is 0 Å². The molecule has 0 saturated carbocycles. The van der Waals surface area contributed by atoms with E-state index >= 15 is 0 Å². The van der Waals surface area contributed by atoms with Crippen molar-refractivity contribution in [1.29, 1.82) is 0 Å². The first-order valence-corrected chi connectivity index (χ1v) is 7.57. The number of furan rings is 1. The number of aryl methyl sites for hydroxylation is 2. The standard InChI is InChI=1S/C15H19NOS/c1-2-5-12-9-14(18-15(12)7-3-1)11-16-10-13-6-4-8-17-13/h4,6,8-9,16H,1-3,5,7,10-11H2. The Morgan fingerprint density at radius 1 is 1.17 bits per heavy atom. The number of thiophene rings is 1. The molecular formula is C15H19NOS. The van der Waals surface area contributed by atoms with Crippen LogP contribution < -0.4 is 5.32 Å². The monoisotopic (exact) mass is 261 g/mol. The second-order valence-electron chi connectivity index (χ2n) is 4.90. The second kappa shape index (κ2) is 5.72. The Kier molecular flexibility index (Phi) is 3.81. The third-order valence-electron chi connectivity index (χ3n) is 3.48. The number of hydrogen-bond donors (Lipinski definition) is 1. The predicted molar refractivity (Wildman–Crippen MR) is 74.8 cm³/mol. The summed E-state index contributed by atoms with van der Waals surface area (Å²) in [6.45, 7) is 1.77. The number of nitrogens with one attached hydrogen (secondary N) is 1. The average molecular weight is 261 g/mol. The zero-order valence-electron chi connectivity index (χ0n) is 10.6. The van der Waals surface area contributed by atoms with E-state index in [9.17, 15) is 0 Å². The van der Waals surface area contributed by atoms with Crippen molar-refractivity contribution in [3.63, 3.8) is 0 Å². The average Bonchev–Trinajstić information content (AvgIpc) is 2.96. The number of rotatable bonds is 4. The molecule has 0 fully saturated rings. The molecule has 2 aromatic rings. The molecule has 18 heavy (non-hydrogen) atoms. The highest BCUT2D eigenvalue weighted by atomic mass is 32.1. The molecule has 2 nitrogen and oxygen atoms in total. The molecular weight excluding hydrogens is 242 g/mol. The van der Waals surface area contributed by atoms with Crippen molar-refractivity contribution in [1.82, 2.24) is 5.32 Å². The van der Waals surface area contributed by atoms with Gasteiger partial charge in [-0.2, -0.15) is 0 Å². The Morgan fingerprint density at radius 2 is 2.11 bits per heavy atom. The van der Waals surface area contributed by atoms with Crippen molar-refractivity contribution in [2.75, 3.05) is 0 Å². The Bertz CT molecular complexity index is 463. The molecule has 0 spiro atoms. The first-order chi connectivity index (χ1) is 8.92. The van der Waals surface area contributed by atoms with Gasteiger partial charge in [0.1, 0.15) is 5.76 Å². The molecule has 0 radical (unpaired) electrons. The van der Waals surface area contributed by atoms with Crippen LogP contribution in [-0.4, -0.2) is 0 Å². The zero-order chi connectivity index (χ0) is 12.2. The van der Waals surface area contributed by atoms with Gasteiger partial charge in [-0.05, 0) is 49.4 Å². The third kappa shape index (κ3) is 2.85. The minimum absolute atomic E-state index is 0.815. The van der Waals surface area contributed by atoms with E-state index in [1.807, 2.05) is 23.5 Å². The van der Waals surface area contributed by atoms with E-state index < -0.39 is 0 Å². The van der Waals surface area contributed by atoms with E-state index in [1.165, 1.54) is 37.0 Å². The molecule has 0 aliphatic heterocycles. The van der Waals surface area contributed by atoms with Gasteiger partial charge >= 0.3 is 0 Å². The molecule has 0 bridgehead atoms. The lowest BCUT2D eigenvalue weighted by atomic mass is 10.1. The maximum Gasteiger partial charge on any atom is 0.117 e. The van der Waals surface area contributed by atoms with E-state index in [0.29, 0.717) is 0 Å². The fourth-order valence-electron chi connectivity index (χ4n) is 2.54. The molecule has 1 aliphatic rings. The van der Waals surface area contributed by atoms with Crippen LogP contribution in [0.4, 0.5) is 0 Å². The summed E-state index contributed by atoms with van der Waals surface area (Å²) < 4.78 is 5.31. The molecule has 0 atom stereocenters. The molecule has 0 aromatic carbocycles. The van der Waals surface area contributed by atoms with Crippen LogP contribution in [0, 0.1) is 0 Å². The van der Waals surface area contributed by atoms with Crippen molar-refractivity contribution < 1.29 is 4.42 Å². The summed E-state index contributed by atoms with van der Waals surface area (Å²) >= 11 is 1.99. The molecule has 2 aromatic heterocycles. The van der Waals surface area contributed by atoms with E-state index in [2.05, 4.69) is 11.4 Å². The van der Waals surface area contributed by atoms with Gasteiger partial charge in [0.05, 0.1) is 12.8 Å². The third-order valence-corrected chi connectivity index (χ3v) is 4.71. The van der Waals surface area contributed by atoms with E-state index in [4.69, 9.17) is 4.42 Å². The molecule has 0 amide bonds. The van der Waals surface area contributed by atoms with Crippen LogP contribution in [0.2, 0.25) is 0 Å². The summed E-state index contributed by atoms with van der Waals surface area (Å²) in [6, 6.07) is 6.35. The van der Waals surface area contributed by atoms with Crippen molar-refractivity contribution in [3.05, 3.63) is 45.5 Å².